The number of hydrogen-bond acceptors (Lipinski definition) is 6. The molecule has 2 aromatic heterocycles. The average molecular weight is 372 g/mol. The molecule has 0 radical (unpaired) electrons. The molecule has 2 amide bonds. The first-order valence-corrected chi connectivity index (χ1v) is 8.31. The summed E-state index contributed by atoms with van der Waals surface area (Å²) in [7, 11) is 0. The van der Waals surface area contributed by atoms with Crippen molar-refractivity contribution in [3.63, 3.8) is 0 Å². The van der Waals surface area contributed by atoms with Crippen LogP contribution in [-0.4, -0.2) is 33.7 Å². The Morgan fingerprint density at radius 3 is 1.89 bits per heavy atom. The fourth-order valence-electron chi connectivity index (χ4n) is 2.16. The second kappa shape index (κ2) is 9.48. The van der Waals surface area contributed by atoms with Crippen LogP contribution in [-0.2, 0) is 0 Å². The molecule has 0 bridgehead atoms. The SMILES string of the molecule is O=C(N/N=C\C(=N/NC(=O)c1cccnc1)c1ccccc1)c1cccnc1. The van der Waals surface area contributed by atoms with Gasteiger partial charge in [0.15, 0.2) is 0 Å². The first kappa shape index (κ1) is 18.6. The molecule has 0 atom stereocenters. The predicted octanol–water partition coefficient (Wildman–Crippen LogP) is 2.03. The van der Waals surface area contributed by atoms with Gasteiger partial charge in [-0.05, 0) is 24.3 Å². The quantitative estimate of drug-likeness (QED) is 0.510. The van der Waals surface area contributed by atoms with E-state index in [-0.39, 0.29) is 0 Å². The van der Waals surface area contributed by atoms with Crippen LogP contribution in [0.15, 0.2) is 89.6 Å². The van der Waals surface area contributed by atoms with E-state index in [4.69, 9.17) is 0 Å². The standard InChI is InChI=1S/C20H16N6O2/c27-19(16-8-4-10-21-12-16)25-23-14-18(15-6-2-1-3-7-15)24-26-20(28)17-9-5-11-22-13-17/h1-14H,(H,25,27)(H,26,28)/b23-14-,24-18+. The van der Waals surface area contributed by atoms with Gasteiger partial charge in [-0.25, -0.2) is 10.9 Å². The minimum atomic E-state index is -0.408. The zero-order valence-corrected chi connectivity index (χ0v) is 14.7. The molecule has 0 aliphatic carbocycles. The molecule has 0 spiro atoms. The maximum Gasteiger partial charge on any atom is 0.272 e. The zero-order valence-electron chi connectivity index (χ0n) is 14.7. The van der Waals surface area contributed by atoms with E-state index in [0.717, 1.165) is 0 Å². The molecule has 3 rings (SSSR count). The Hall–Kier alpha value is -4.20. The lowest BCUT2D eigenvalue weighted by molar-refractivity contribution is 0.0946. The van der Waals surface area contributed by atoms with Crippen LogP contribution in [0.25, 0.3) is 0 Å². The minimum Gasteiger partial charge on any atom is -0.267 e. The monoisotopic (exact) mass is 372 g/mol. The van der Waals surface area contributed by atoms with Crippen LogP contribution in [0, 0.1) is 0 Å². The first-order valence-electron chi connectivity index (χ1n) is 8.31. The smallest absolute Gasteiger partial charge is 0.267 e. The molecule has 0 fully saturated rings. The lowest BCUT2D eigenvalue weighted by atomic mass is 10.1. The number of benzene rings is 1. The van der Waals surface area contributed by atoms with Crippen molar-refractivity contribution in [1.29, 1.82) is 0 Å². The first-order chi connectivity index (χ1) is 13.7. The number of nitrogens with zero attached hydrogens (tertiary/aromatic N) is 4. The Kier molecular flexibility index (Phi) is 6.30. The van der Waals surface area contributed by atoms with Crippen LogP contribution in [0.5, 0.6) is 0 Å². The van der Waals surface area contributed by atoms with Crippen molar-refractivity contribution in [2.24, 2.45) is 10.2 Å². The van der Waals surface area contributed by atoms with Crippen molar-refractivity contribution >= 4 is 23.7 Å². The number of carbonyl (C=O) groups is 2. The molecular formula is C20H16N6O2. The minimum absolute atomic E-state index is 0.365. The third kappa shape index (κ3) is 5.15. The van der Waals surface area contributed by atoms with Crippen molar-refractivity contribution < 1.29 is 9.59 Å². The van der Waals surface area contributed by atoms with Gasteiger partial charge in [-0.3, -0.25) is 19.6 Å². The number of rotatable bonds is 6. The highest BCUT2D eigenvalue weighted by atomic mass is 16.2. The summed E-state index contributed by atoms with van der Waals surface area (Å²) in [5.74, 6) is -0.814. The van der Waals surface area contributed by atoms with Crippen LogP contribution in [0.1, 0.15) is 26.3 Å². The van der Waals surface area contributed by atoms with E-state index < -0.39 is 11.8 Å². The number of amides is 2. The lowest BCUT2D eigenvalue weighted by Crippen LogP contribution is -2.22. The van der Waals surface area contributed by atoms with Crippen molar-refractivity contribution in [3.05, 3.63) is 96.1 Å². The zero-order chi connectivity index (χ0) is 19.6. The topological polar surface area (TPSA) is 109 Å². The molecule has 0 saturated heterocycles. The maximum absolute atomic E-state index is 12.2. The van der Waals surface area contributed by atoms with E-state index in [1.54, 1.807) is 36.7 Å². The van der Waals surface area contributed by atoms with E-state index in [9.17, 15) is 9.59 Å². The summed E-state index contributed by atoms with van der Waals surface area (Å²) < 4.78 is 0. The number of pyridine rings is 2. The maximum atomic E-state index is 12.2. The van der Waals surface area contributed by atoms with Gasteiger partial charge in [-0.15, -0.1) is 0 Å². The van der Waals surface area contributed by atoms with E-state index in [1.165, 1.54) is 18.6 Å². The molecule has 2 N–H and O–H groups in total. The largest absolute Gasteiger partial charge is 0.272 e. The highest BCUT2D eigenvalue weighted by Gasteiger charge is 2.07. The summed E-state index contributed by atoms with van der Waals surface area (Å²) in [5, 5.41) is 8.04. The Morgan fingerprint density at radius 2 is 1.32 bits per heavy atom. The van der Waals surface area contributed by atoms with Crippen LogP contribution in [0.4, 0.5) is 0 Å². The van der Waals surface area contributed by atoms with Gasteiger partial charge >= 0.3 is 0 Å². The predicted molar refractivity (Wildman–Crippen MR) is 105 cm³/mol. The van der Waals surface area contributed by atoms with Gasteiger partial charge in [-0.1, -0.05) is 30.3 Å². The number of hydrogen-bond donors (Lipinski definition) is 2. The third-order valence-electron chi connectivity index (χ3n) is 3.55. The molecule has 0 saturated carbocycles. The number of carbonyl (C=O) groups excluding carboxylic acids is 2. The van der Waals surface area contributed by atoms with Crippen molar-refractivity contribution in [2.45, 2.75) is 0 Å². The van der Waals surface area contributed by atoms with Gasteiger partial charge in [0.1, 0.15) is 5.71 Å². The molecule has 0 unspecified atom stereocenters. The van der Waals surface area contributed by atoms with E-state index >= 15 is 0 Å². The second-order valence-corrected chi connectivity index (χ2v) is 5.49. The summed E-state index contributed by atoms with van der Waals surface area (Å²) in [6.07, 6.45) is 7.38. The van der Waals surface area contributed by atoms with E-state index in [0.29, 0.717) is 22.4 Å². The van der Waals surface area contributed by atoms with Crippen LogP contribution in [0.3, 0.4) is 0 Å². The van der Waals surface area contributed by atoms with Gasteiger partial charge in [0.05, 0.1) is 17.3 Å². The molecule has 8 nitrogen and oxygen atoms in total. The number of hydrazone groups is 2. The van der Waals surface area contributed by atoms with Crippen molar-refractivity contribution in [1.82, 2.24) is 20.8 Å². The lowest BCUT2D eigenvalue weighted by Gasteiger charge is -2.04. The van der Waals surface area contributed by atoms with Gasteiger partial charge in [-0.2, -0.15) is 10.2 Å². The number of nitrogens with one attached hydrogen (secondary N) is 2. The normalized spacial score (nSPS) is 11.2. The Bertz CT molecular complexity index is 989. The summed E-state index contributed by atoms with van der Waals surface area (Å²) >= 11 is 0. The van der Waals surface area contributed by atoms with Gasteiger partial charge in [0.25, 0.3) is 11.8 Å². The fraction of sp³-hybridized carbons (Fsp3) is 0. The molecule has 138 valence electrons. The van der Waals surface area contributed by atoms with Gasteiger partial charge < -0.3 is 0 Å². The van der Waals surface area contributed by atoms with Crippen molar-refractivity contribution in [2.75, 3.05) is 0 Å². The highest BCUT2D eigenvalue weighted by molar-refractivity contribution is 6.38. The molecule has 2 heterocycles. The van der Waals surface area contributed by atoms with Gasteiger partial charge in [0, 0.05) is 30.4 Å². The third-order valence-corrected chi connectivity index (χ3v) is 3.55. The Balaban J connectivity index is 1.74. The van der Waals surface area contributed by atoms with Crippen LogP contribution >= 0.6 is 0 Å². The summed E-state index contributed by atoms with van der Waals surface area (Å²) in [4.78, 5) is 32.0. The summed E-state index contributed by atoms with van der Waals surface area (Å²) in [5.41, 5.74) is 6.70. The van der Waals surface area contributed by atoms with E-state index in [2.05, 4.69) is 31.0 Å². The molecule has 28 heavy (non-hydrogen) atoms. The Morgan fingerprint density at radius 1 is 0.750 bits per heavy atom. The van der Waals surface area contributed by atoms with Crippen molar-refractivity contribution in [3.8, 4) is 0 Å². The second-order valence-electron chi connectivity index (χ2n) is 5.49. The summed E-state index contributed by atoms with van der Waals surface area (Å²) in [6.45, 7) is 0. The summed E-state index contributed by atoms with van der Waals surface area (Å²) in [6, 6.07) is 15.7. The molecule has 0 aliphatic rings. The average Bonchev–Trinajstić information content (AvgIpc) is 2.77. The van der Waals surface area contributed by atoms with E-state index in [1.807, 2.05) is 30.3 Å². The Labute approximate surface area is 161 Å². The molecule has 0 aliphatic heterocycles. The van der Waals surface area contributed by atoms with Crippen LogP contribution in [0.2, 0.25) is 0 Å². The number of aromatic nitrogens is 2. The molecule has 1 aromatic carbocycles. The molecule has 3 aromatic rings. The fourth-order valence-corrected chi connectivity index (χ4v) is 2.16. The van der Waals surface area contributed by atoms with Crippen LogP contribution < -0.4 is 10.9 Å². The molecule has 8 heteroatoms. The van der Waals surface area contributed by atoms with Gasteiger partial charge in [0.2, 0.25) is 0 Å². The molecular weight excluding hydrogens is 356 g/mol. The highest BCUT2D eigenvalue weighted by Crippen LogP contribution is 2.01.